The molecular weight excluding hydrogens is 182 g/mol. The summed E-state index contributed by atoms with van der Waals surface area (Å²) in [5.74, 6) is -1.78. The van der Waals surface area contributed by atoms with Crippen LogP contribution in [0.1, 0.15) is 13.8 Å². The Morgan fingerprint density at radius 1 is 1.50 bits per heavy atom. The van der Waals surface area contributed by atoms with E-state index >= 15 is 0 Å². The molecule has 2 atom stereocenters. The van der Waals surface area contributed by atoms with Gasteiger partial charge in [-0.3, -0.25) is 9.59 Å². The van der Waals surface area contributed by atoms with Gasteiger partial charge in [-0.25, -0.2) is 0 Å². The number of hydrogen-bond acceptors (Lipinski definition) is 3. The van der Waals surface area contributed by atoms with Crippen molar-refractivity contribution in [2.24, 2.45) is 5.92 Å². The summed E-state index contributed by atoms with van der Waals surface area (Å²) >= 11 is 0. The van der Waals surface area contributed by atoms with Crippen LogP contribution in [0.3, 0.4) is 0 Å². The molecule has 0 aromatic carbocycles. The second kappa shape index (κ2) is 4.37. The second-order valence-corrected chi connectivity index (χ2v) is 3.55. The van der Waals surface area contributed by atoms with Gasteiger partial charge in [0.15, 0.2) is 5.78 Å². The average Bonchev–Trinajstić information content (AvgIpc) is 2.13. The monoisotopic (exact) mass is 199 g/mol. The molecule has 0 aromatic rings. The van der Waals surface area contributed by atoms with Crippen LogP contribution >= 0.6 is 0 Å². The van der Waals surface area contributed by atoms with Crippen LogP contribution in [0.15, 0.2) is 12.7 Å². The largest absolute Gasteiger partial charge is 0.373 e. The normalized spacial score (nSPS) is 16.6. The second-order valence-electron chi connectivity index (χ2n) is 3.55. The minimum absolute atomic E-state index is 0.566. The van der Waals surface area contributed by atoms with E-state index in [0.29, 0.717) is 0 Å². The molecule has 0 aromatic heterocycles. The van der Waals surface area contributed by atoms with Crippen LogP contribution in [0.5, 0.6) is 0 Å². The van der Waals surface area contributed by atoms with E-state index in [0.717, 1.165) is 0 Å². The van der Waals surface area contributed by atoms with E-state index in [1.807, 2.05) is 0 Å². The molecule has 0 saturated heterocycles. The van der Waals surface area contributed by atoms with Crippen molar-refractivity contribution in [1.82, 2.24) is 4.90 Å². The number of rotatable bonds is 4. The van der Waals surface area contributed by atoms with Gasteiger partial charge in [0, 0.05) is 20.0 Å². The smallest absolute Gasteiger partial charge is 0.262 e. The fourth-order valence-electron chi connectivity index (χ4n) is 1.18. The maximum absolute atomic E-state index is 11.6. The fourth-order valence-corrected chi connectivity index (χ4v) is 1.18. The summed E-state index contributed by atoms with van der Waals surface area (Å²) in [6.07, 6.45) is 1.39. The van der Waals surface area contributed by atoms with Crippen LogP contribution in [0.2, 0.25) is 0 Å². The lowest BCUT2D eigenvalue weighted by molar-refractivity contribution is -0.160. The number of Topliss-reactive ketones (excluding diaryl/α,β-unsaturated/α-hetero) is 1. The third-order valence-corrected chi connectivity index (χ3v) is 2.28. The number of amides is 1. The van der Waals surface area contributed by atoms with Crippen LogP contribution in [0.4, 0.5) is 0 Å². The van der Waals surface area contributed by atoms with E-state index < -0.39 is 23.2 Å². The first-order chi connectivity index (χ1) is 6.28. The highest BCUT2D eigenvalue weighted by molar-refractivity contribution is 6.08. The number of likely N-dealkylation sites (N-methyl/N-ethyl adjacent to an activating group) is 1. The third kappa shape index (κ3) is 2.01. The summed E-state index contributed by atoms with van der Waals surface area (Å²) in [5.41, 5.74) is -1.98. The molecular formula is C10H17NO3. The molecule has 4 nitrogen and oxygen atoms in total. The van der Waals surface area contributed by atoms with Crippen molar-refractivity contribution < 1.29 is 14.7 Å². The number of aliphatic hydroxyl groups is 1. The lowest BCUT2D eigenvalue weighted by atomic mass is 9.84. The molecule has 0 rings (SSSR count). The quantitative estimate of drug-likeness (QED) is 0.520. The molecule has 0 heterocycles. The van der Waals surface area contributed by atoms with Gasteiger partial charge in [-0.05, 0) is 6.92 Å². The average molecular weight is 199 g/mol. The number of nitrogens with zero attached hydrogens (tertiary/aromatic N) is 1. The van der Waals surface area contributed by atoms with Gasteiger partial charge >= 0.3 is 0 Å². The SMILES string of the molecule is C=C[C@@H](C)[C@](O)(C(C)=O)C(=O)N(C)C. The van der Waals surface area contributed by atoms with Gasteiger partial charge in [-0.2, -0.15) is 0 Å². The van der Waals surface area contributed by atoms with E-state index in [1.54, 1.807) is 6.92 Å². The van der Waals surface area contributed by atoms with Crippen LogP contribution in [0.25, 0.3) is 0 Å². The van der Waals surface area contributed by atoms with Crippen molar-refractivity contribution in [2.75, 3.05) is 14.1 Å². The van der Waals surface area contributed by atoms with Gasteiger partial charge in [-0.1, -0.05) is 13.0 Å². The first-order valence-corrected chi connectivity index (χ1v) is 4.36. The predicted octanol–water partition coefficient (Wildman–Crippen LogP) is 0.217. The molecule has 80 valence electrons. The number of ketones is 1. The Bertz CT molecular complexity index is 260. The molecule has 0 spiro atoms. The third-order valence-electron chi connectivity index (χ3n) is 2.28. The molecule has 4 heteroatoms. The Hall–Kier alpha value is -1.16. The lowest BCUT2D eigenvalue weighted by Gasteiger charge is -2.30. The Balaban J connectivity index is 5.20. The molecule has 0 radical (unpaired) electrons. The Labute approximate surface area is 84.2 Å². The molecule has 14 heavy (non-hydrogen) atoms. The zero-order valence-electron chi connectivity index (χ0n) is 9.07. The molecule has 0 fully saturated rings. The summed E-state index contributed by atoms with van der Waals surface area (Å²) in [6.45, 7) is 6.24. The summed E-state index contributed by atoms with van der Waals surface area (Å²) in [7, 11) is 2.98. The van der Waals surface area contributed by atoms with Crippen molar-refractivity contribution in [3.05, 3.63) is 12.7 Å². The highest BCUT2D eigenvalue weighted by Crippen LogP contribution is 2.21. The number of carbonyl (C=O) groups is 2. The van der Waals surface area contributed by atoms with E-state index in [2.05, 4.69) is 6.58 Å². The first-order valence-electron chi connectivity index (χ1n) is 4.36. The van der Waals surface area contributed by atoms with Gasteiger partial charge in [0.05, 0.1) is 0 Å². The Morgan fingerprint density at radius 2 is 1.93 bits per heavy atom. The molecule has 0 unspecified atom stereocenters. The minimum atomic E-state index is -1.98. The fraction of sp³-hybridized carbons (Fsp3) is 0.600. The van der Waals surface area contributed by atoms with Crippen LogP contribution < -0.4 is 0 Å². The van der Waals surface area contributed by atoms with Crippen molar-refractivity contribution >= 4 is 11.7 Å². The van der Waals surface area contributed by atoms with Gasteiger partial charge < -0.3 is 10.0 Å². The standard InChI is InChI=1S/C10H17NO3/c1-6-7(2)10(14,8(3)12)9(13)11(4)5/h6-7,14H,1H2,2-5H3/t7-,10+/m1/s1. The maximum atomic E-state index is 11.6. The van der Waals surface area contributed by atoms with Gasteiger partial charge in [0.25, 0.3) is 5.91 Å². The van der Waals surface area contributed by atoms with Gasteiger partial charge in [0.2, 0.25) is 5.60 Å². The van der Waals surface area contributed by atoms with Crippen LogP contribution in [-0.4, -0.2) is 41.4 Å². The van der Waals surface area contributed by atoms with E-state index in [1.165, 1.54) is 32.0 Å². The summed E-state index contributed by atoms with van der Waals surface area (Å²) in [6, 6.07) is 0. The first kappa shape index (κ1) is 12.8. The molecule has 1 N–H and O–H groups in total. The van der Waals surface area contributed by atoms with Gasteiger partial charge in [-0.15, -0.1) is 6.58 Å². The van der Waals surface area contributed by atoms with E-state index in [9.17, 15) is 14.7 Å². The molecule has 0 saturated carbocycles. The molecule has 0 bridgehead atoms. The zero-order chi connectivity index (χ0) is 11.5. The molecule has 0 aliphatic carbocycles. The van der Waals surface area contributed by atoms with Crippen molar-refractivity contribution in [1.29, 1.82) is 0 Å². The van der Waals surface area contributed by atoms with Gasteiger partial charge in [0.1, 0.15) is 0 Å². The number of carbonyl (C=O) groups excluding carboxylic acids is 2. The Morgan fingerprint density at radius 3 is 2.14 bits per heavy atom. The minimum Gasteiger partial charge on any atom is -0.373 e. The maximum Gasteiger partial charge on any atom is 0.262 e. The highest BCUT2D eigenvalue weighted by Gasteiger charge is 2.45. The van der Waals surface area contributed by atoms with E-state index in [-0.39, 0.29) is 0 Å². The summed E-state index contributed by atoms with van der Waals surface area (Å²) in [4.78, 5) is 24.1. The lowest BCUT2D eigenvalue weighted by Crippen LogP contribution is -2.55. The van der Waals surface area contributed by atoms with E-state index in [4.69, 9.17) is 0 Å². The predicted molar refractivity (Wildman–Crippen MR) is 53.7 cm³/mol. The summed E-state index contributed by atoms with van der Waals surface area (Å²) < 4.78 is 0. The van der Waals surface area contributed by atoms with Crippen molar-refractivity contribution in [2.45, 2.75) is 19.4 Å². The van der Waals surface area contributed by atoms with Crippen LogP contribution in [-0.2, 0) is 9.59 Å². The van der Waals surface area contributed by atoms with Crippen molar-refractivity contribution in [3.63, 3.8) is 0 Å². The van der Waals surface area contributed by atoms with Crippen molar-refractivity contribution in [3.8, 4) is 0 Å². The molecule has 0 aliphatic heterocycles. The Kier molecular flexibility index (Phi) is 4.01. The number of hydrogen-bond donors (Lipinski definition) is 1. The topological polar surface area (TPSA) is 57.6 Å². The molecule has 1 amide bonds. The molecule has 0 aliphatic rings. The summed E-state index contributed by atoms with van der Waals surface area (Å²) in [5, 5.41) is 9.98. The van der Waals surface area contributed by atoms with Crippen LogP contribution in [0, 0.1) is 5.92 Å². The highest BCUT2D eigenvalue weighted by atomic mass is 16.3. The zero-order valence-corrected chi connectivity index (χ0v) is 9.07.